The molecule has 0 unspecified atom stereocenters. The predicted molar refractivity (Wildman–Crippen MR) is 128 cm³/mol. The van der Waals surface area contributed by atoms with Crippen molar-refractivity contribution >= 4 is 33.2 Å². The van der Waals surface area contributed by atoms with Gasteiger partial charge in [-0.25, -0.2) is 13.2 Å². The van der Waals surface area contributed by atoms with Gasteiger partial charge in [0.2, 0.25) is 9.84 Å². The molecule has 35 heavy (non-hydrogen) atoms. The summed E-state index contributed by atoms with van der Waals surface area (Å²) in [5.74, 6) is -0.333. The number of nitrogens with one attached hydrogen (secondary N) is 2. The Labute approximate surface area is 200 Å². The first kappa shape index (κ1) is 22.5. The average molecular weight is 493 g/mol. The summed E-state index contributed by atoms with van der Waals surface area (Å²) >= 11 is 0. The van der Waals surface area contributed by atoms with Crippen molar-refractivity contribution < 1.29 is 22.9 Å². The van der Waals surface area contributed by atoms with Crippen LogP contribution in [0.25, 0.3) is 11.1 Å². The average Bonchev–Trinajstić information content (AvgIpc) is 3.50. The van der Waals surface area contributed by atoms with Crippen LogP contribution >= 0.6 is 0 Å². The summed E-state index contributed by atoms with van der Waals surface area (Å²) in [5.41, 5.74) is 2.66. The van der Waals surface area contributed by atoms with E-state index in [1.807, 2.05) is 6.07 Å². The van der Waals surface area contributed by atoms with Gasteiger partial charge in [-0.05, 0) is 41.8 Å². The minimum absolute atomic E-state index is 0.0444. The normalized spacial score (nSPS) is 17.0. The fourth-order valence-electron chi connectivity index (χ4n) is 4.49. The first-order chi connectivity index (χ1) is 16.8. The number of amides is 3. The molecule has 3 aromatic carbocycles. The van der Waals surface area contributed by atoms with Crippen LogP contribution in [-0.2, 0) is 16.3 Å². The Hall–Kier alpha value is -4.25. The minimum Gasteiger partial charge on any atom is -0.335 e. The summed E-state index contributed by atoms with van der Waals surface area (Å²) in [6.45, 7) is 0.285. The first-order valence-electron chi connectivity index (χ1n) is 10.8. The molecule has 5 rings (SSSR count). The van der Waals surface area contributed by atoms with Crippen LogP contribution in [0.2, 0.25) is 0 Å². The number of urea groups is 1. The third-order valence-corrected chi connectivity index (χ3v) is 8.17. The summed E-state index contributed by atoms with van der Waals surface area (Å²) in [6.07, 6.45) is 0.427. The van der Waals surface area contributed by atoms with Crippen molar-refractivity contribution in [2.75, 3.05) is 18.0 Å². The largest absolute Gasteiger partial charge is 0.335 e. The number of non-ortho nitro benzene ring substituents is 1. The van der Waals surface area contributed by atoms with Gasteiger partial charge in [-0.3, -0.25) is 14.9 Å². The molecule has 0 spiro atoms. The van der Waals surface area contributed by atoms with Crippen LogP contribution in [0.15, 0.2) is 71.6 Å². The van der Waals surface area contributed by atoms with Gasteiger partial charge in [0.15, 0.2) is 5.37 Å². The molecule has 178 valence electrons. The van der Waals surface area contributed by atoms with Gasteiger partial charge in [-0.2, -0.15) is 0 Å². The standard InChI is InChI=1S/C24H20N4O6S/c29-23(16-6-8-17(9-7-16)28(31)32)27-13-12-18-19(27)10-11-20(22(18)15-4-2-1-3-5-15)35(33,34)21-14-25-24(30)26-21/h1-11,21H,12-14H2,(H2,25,26,30)/t21-/m0/s1. The third-order valence-electron chi connectivity index (χ3n) is 6.18. The van der Waals surface area contributed by atoms with E-state index in [1.165, 1.54) is 30.3 Å². The van der Waals surface area contributed by atoms with Gasteiger partial charge in [0.25, 0.3) is 11.6 Å². The van der Waals surface area contributed by atoms with Crippen LogP contribution in [-0.4, -0.2) is 43.7 Å². The van der Waals surface area contributed by atoms with Crippen LogP contribution in [0.4, 0.5) is 16.2 Å². The van der Waals surface area contributed by atoms with Crippen LogP contribution in [0.3, 0.4) is 0 Å². The Morgan fingerprint density at radius 3 is 2.37 bits per heavy atom. The maximum Gasteiger partial charge on any atom is 0.315 e. The van der Waals surface area contributed by atoms with Crippen LogP contribution in [0.1, 0.15) is 15.9 Å². The van der Waals surface area contributed by atoms with Gasteiger partial charge < -0.3 is 15.5 Å². The first-order valence-corrected chi connectivity index (χ1v) is 12.4. The summed E-state index contributed by atoms with van der Waals surface area (Å²) < 4.78 is 27.0. The smallest absolute Gasteiger partial charge is 0.315 e. The van der Waals surface area contributed by atoms with E-state index >= 15 is 0 Å². The number of nitro groups is 1. The maximum absolute atomic E-state index is 13.5. The molecule has 0 saturated carbocycles. The molecule has 2 aliphatic heterocycles. The molecule has 0 aliphatic carbocycles. The number of rotatable bonds is 5. The lowest BCUT2D eigenvalue weighted by molar-refractivity contribution is -0.384. The molecule has 3 aromatic rings. The molecule has 3 amide bonds. The summed E-state index contributed by atoms with van der Waals surface area (Å²) in [7, 11) is -3.94. The zero-order valence-corrected chi connectivity index (χ0v) is 19.1. The minimum atomic E-state index is -3.94. The molecule has 2 N–H and O–H groups in total. The number of nitrogens with zero attached hydrogens (tertiary/aromatic N) is 2. The van der Waals surface area contributed by atoms with Crippen molar-refractivity contribution in [1.29, 1.82) is 0 Å². The summed E-state index contributed by atoms with van der Waals surface area (Å²) in [6, 6.07) is 17.0. The van der Waals surface area contributed by atoms with E-state index in [0.29, 0.717) is 40.9 Å². The lowest BCUT2D eigenvalue weighted by Crippen LogP contribution is -2.35. The van der Waals surface area contributed by atoms with E-state index in [2.05, 4.69) is 10.6 Å². The van der Waals surface area contributed by atoms with E-state index in [-0.39, 0.29) is 23.0 Å². The van der Waals surface area contributed by atoms with Crippen molar-refractivity contribution in [2.24, 2.45) is 0 Å². The summed E-state index contributed by atoms with van der Waals surface area (Å²) in [4.78, 5) is 36.9. The molecule has 0 bridgehead atoms. The van der Waals surface area contributed by atoms with E-state index in [1.54, 1.807) is 35.2 Å². The highest BCUT2D eigenvalue weighted by Crippen LogP contribution is 2.42. The molecule has 0 aromatic heterocycles. The molecule has 1 atom stereocenters. The number of fused-ring (bicyclic) bond motifs is 1. The second-order valence-electron chi connectivity index (χ2n) is 8.20. The van der Waals surface area contributed by atoms with Crippen molar-refractivity contribution in [3.63, 3.8) is 0 Å². The fraction of sp³-hybridized carbons (Fsp3) is 0.167. The van der Waals surface area contributed by atoms with Gasteiger partial charge in [-0.1, -0.05) is 30.3 Å². The van der Waals surface area contributed by atoms with E-state index < -0.39 is 26.2 Å². The lowest BCUT2D eigenvalue weighted by atomic mass is 9.97. The van der Waals surface area contributed by atoms with Crippen LogP contribution in [0, 0.1) is 10.1 Å². The molecular formula is C24H20N4O6S. The highest BCUT2D eigenvalue weighted by Gasteiger charge is 2.38. The maximum atomic E-state index is 13.5. The van der Waals surface area contributed by atoms with Crippen LogP contribution in [0.5, 0.6) is 0 Å². The van der Waals surface area contributed by atoms with Crippen LogP contribution < -0.4 is 15.5 Å². The van der Waals surface area contributed by atoms with Crippen molar-refractivity contribution in [3.8, 4) is 11.1 Å². The van der Waals surface area contributed by atoms with Gasteiger partial charge in [0.1, 0.15) is 0 Å². The quantitative estimate of drug-likeness (QED) is 0.415. The number of carbonyl (C=O) groups is 2. The third kappa shape index (κ3) is 3.89. The molecule has 1 saturated heterocycles. The lowest BCUT2D eigenvalue weighted by Gasteiger charge is -2.21. The van der Waals surface area contributed by atoms with E-state index in [9.17, 15) is 28.1 Å². The number of nitro benzene ring substituents is 1. The van der Waals surface area contributed by atoms with Gasteiger partial charge in [-0.15, -0.1) is 0 Å². The van der Waals surface area contributed by atoms with Gasteiger partial charge >= 0.3 is 6.03 Å². The Morgan fingerprint density at radius 1 is 1.03 bits per heavy atom. The van der Waals surface area contributed by atoms with Gasteiger partial charge in [0.05, 0.1) is 16.4 Å². The monoisotopic (exact) mass is 492 g/mol. The second kappa shape index (κ2) is 8.51. The molecule has 1 fully saturated rings. The number of hydrogen-bond donors (Lipinski definition) is 2. The Bertz CT molecular complexity index is 1460. The van der Waals surface area contributed by atoms with Crippen molar-refractivity contribution in [1.82, 2.24) is 10.6 Å². The molecule has 10 nitrogen and oxygen atoms in total. The topological polar surface area (TPSA) is 139 Å². The molecule has 0 radical (unpaired) electrons. The Morgan fingerprint density at radius 2 is 1.74 bits per heavy atom. The molecule has 11 heteroatoms. The SMILES string of the molecule is O=C1NC[C@H](S(=O)(=O)c2ccc3c(c2-c2ccccc2)CCN3C(=O)c2ccc([N+](=O)[O-])cc2)N1. The second-order valence-corrected chi connectivity index (χ2v) is 10.3. The Kier molecular flexibility index (Phi) is 5.48. The molecule has 2 heterocycles. The number of sulfone groups is 1. The predicted octanol–water partition coefficient (Wildman–Crippen LogP) is 2.88. The highest BCUT2D eigenvalue weighted by molar-refractivity contribution is 7.92. The van der Waals surface area contributed by atoms with Gasteiger partial charge in [0, 0.05) is 35.5 Å². The number of hydrogen-bond acceptors (Lipinski definition) is 6. The summed E-state index contributed by atoms with van der Waals surface area (Å²) in [5, 5.41) is 14.8. The van der Waals surface area contributed by atoms with Crippen molar-refractivity contribution in [2.45, 2.75) is 16.7 Å². The number of benzene rings is 3. The highest BCUT2D eigenvalue weighted by atomic mass is 32.2. The number of carbonyl (C=O) groups excluding carboxylic acids is 2. The number of anilines is 1. The fourth-order valence-corrected chi connectivity index (χ4v) is 6.15. The zero-order valence-electron chi connectivity index (χ0n) is 18.3. The van der Waals surface area contributed by atoms with Crippen molar-refractivity contribution in [3.05, 3.63) is 88.0 Å². The Balaban J connectivity index is 1.60. The van der Waals surface area contributed by atoms with E-state index in [0.717, 1.165) is 0 Å². The van der Waals surface area contributed by atoms with E-state index in [4.69, 9.17) is 0 Å². The molecular weight excluding hydrogens is 472 g/mol. The zero-order chi connectivity index (χ0) is 24.7. The molecule has 2 aliphatic rings.